The summed E-state index contributed by atoms with van der Waals surface area (Å²) in [6, 6.07) is 11.5. The molecule has 1 N–H and O–H groups in total. The number of hydrogen-bond acceptors (Lipinski definition) is 5. The van der Waals surface area contributed by atoms with Gasteiger partial charge in [0.1, 0.15) is 11.3 Å². The van der Waals surface area contributed by atoms with E-state index in [1.165, 1.54) is 11.8 Å². The standard InChI is InChI=1S/C18H19N3O2S/c1-11-8-12(2)20-18(19-11)24-10-17(22)21-13(3)16-9-14-6-4-5-7-15(14)23-16/h4-9,13H,10H2,1-3H3,(H,21,22). The first kappa shape index (κ1) is 16.5. The molecule has 0 spiro atoms. The number of aryl methyl sites for hydroxylation is 2. The SMILES string of the molecule is Cc1cc(C)nc(SCC(=O)NC(C)c2cc3ccccc3o2)n1. The van der Waals surface area contributed by atoms with Crippen LogP contribution in [-0.4, -0.2) is 21.6 Å². The molecule has 0 radical (unpaired) electrons. The van der Waals surface area contributed by atoms with Crippen molar-refractivity contribution in [2.24, 2.45) is 0 Å². The zero-order valence-electron chi connectivity index (χ0n) is 13.9. The van der Waals surface area contributed by atoms with E-state index in [0.717, 1.165) is 28.1 Å². The van der Waals surface area contributed by atoms with Crippen LogP contribution in [0.1, 0.15) is 30.1 Å². The van der Waals surface area contributed by atoms with E-state index < -0.39 is 0 Å². The molecule has 0 saturated heterocycles. The van der Waals surface area contributed by atoms with E-state index in [-0.39, 0.29) is 17.7 Å². The van der Waals surface area contributed by atoms with Gasteiger partial charge in [-0.15, -0.1) is 0 Å². The van der Waals surface area contributed by atoms with Crippen LogP contribution in [0.3, 0.4) is 0 Å². The average molecular weight is 341 g/mol. The molecule has 3 rings (SSSR count). The zero-order valence-corrected chi connectivity index (χ0v) is 14.7. The van der Waals surface area contributed by atoms with Crippen LogP contribution in [0, 0.1) is 13.8 Å². The number of nitrogens with zero attached hydrogens (tertiary/aromatic N) is 2. The molecule has 124 valence electrons. The minimum Gasteiger partial charge on any atom is -0.459 e. The van der Waals surface area contributed by atoms with Crippen molar-refractivity contribution in [1.82, 2.24) is 15.3 Å². The number of thioether (sulfide) groups is 1. The van der Waals surface area contributed by atoms with Crippen molar-refractivity contribution in [1.29, 1.82) is 0 Å². The zero-order chi connectivity index (χ0) is 17.1. The first-order chi connectivity index (χ1) is 11.5. The summed E-state index contributed by atoms with van der Waals surface area (Å²) in [6.45, 7) is 5.75. The molecule has 1 amide bonds. The first-order valence-corrected chi connectivity index (χ1v) is 8.73. The highest BCUT2D eigenvalue weighted by Crippen LogP contribution is 2.23. The molecule has 3 aromatic rings. The fourth-order valence-corrected chi connectivity index (χ4v) is 3.22. The molecular formula is C18H19N3O2S. The molecule has 6 heteroatoms. The van der Waals surface area contributed by atoms with E-state index in [4.69, 9.17) is 4.42 Å². The minimum absolute atomic E-state index is 0.0734. The maximum Gasteiger partial charge on any atom is 0.231 e. The van der Waals surface area contributed by atoms with Gasteiger partial charge < -0.3 is 9.73 Å². The van der Waals surface area contributed by atoms with Gasteiger partial charge in [0.15, 0.2) is 5.16 Å². The summed E-state index contributed by atoms with van der Waals surface area (Å²) in [4.78, 5) is 20.8. The third-order valence-electron chi connectivity index (χ3n) is 3.54. The Kier molecular flexibility index (Phi) is 4.85. The number of carbonyl (C=O) groups is 1. The molecule has 0 aliphatic rings. The number of furan rings is 1. The molecule has 1 aromatic carbocycles. The van der Waals surface area contributed by atoms with Crippen molar-refractivity contribution in [2.75, 3.05) is 5.75 Å². The van der Waals surface area contributed by atoms with Crippen LogP contribution in [0.25, 0.3) is 11.0 Å². The fourth-order valence-electron chi connectivity index (χ4n) is 2.46. The Labute approximate surface area is 144 Å². The molecule has 0 saturated carbocycles. The molecule has 2 aromatic heterocycles. The summed E-state index contributed by atoms with van der Waals surface area (Å²) in [5, 5.41) is 4.61. The third-order valence-corrected chi connectivity index (χ3v) is 4.39. The van der Waals surface area contributed by atoms with Gasteiger partial charge in [-0.3, -0.25) is 4.79 Å². The van der Waals surface area contributed by atoms with E-state index in [9.17, 15) is 4.79 Å². The Morgan fingerprint density at radius 2 is 1.92 bits per heavy atom. The van der Waals surface area contributed by atoms with E-state index in [1.807, 2.05) is 57.2 Å². The van der Waals surface area contributed by atoms with E-state index in [2.05, 4.69) is 15.3 Å². The number of rotatable bonds is 5. The lowest BCUT2D eigenvalue weighted by molar-refractivity contribution is -0.119. The average Bonchev–Trinajstić information content (AvgIpc) is 2.96. The number of fused-ring (bicyclic) bond motifs is 1. The summed E-state index contributed by atoms with van der Waals surface area (Å²) in [6.07, 6.45) is 0. The van der Waals surface area contributed by atoms with E-state index >= 15 is 0 Å². The quantitative estimate of drug-likeness (QED) is 0.564. The Morgan fingerprint density at radius 1 is 1.21 bits per heavy atom. The Balaban J connectivity index is 1.59. The highest BCUT2D eigenvalue weighted by molar-refractivity contribution is 7.99. The van der Waals surface area contributed by atoms with Gasteiger partial charge in [0.25, 0.3) is 0 Å². The summed E-state index contributed by atoms with van der Waals surface area (Å²) in [7, 11) is 0. The molecule has 1 atom stereocenters. The third kappa shape index (κ3) is 3.94. The van der Waals surface area contributed by atoms with Crippen molar-refractivity contribution >= 4 is 28.6 Å². The molecule has 0 bridgehead atoms. The minimum atomic E-state index is -0.189. The number of benzene rings is 1. The number of para-hydroxylation sites is 1. The van der Waals surface area contributed by atoms with Crippen LogP contribution in [0.4, 0.5) is 0 Å². The normalized spacial score (nSPS) is 12.3. The maximum atomic E-state index is 12.2. The molecule has 1 unspecified atom stereocenters. The van der Waals surface area contributed by atoms with Crippen LogP contribution < -0.4 is 5.32 Å². The van der Waals surface area contributed by atoms with Gasteiger partial charge in [-0.05, 0) is 39.0 Å². The van der Waals surface area contributed by atoms with E-state index in [1.54, 1.807) is 0 Å². The van der Waals surface area contributed by atoms with Crippen molar-refractivity contribution in [3.05, 3.63) is 53.5 Å². The Bertz CT molecular complexity index is 822. The van der Waals surface area contributed by atoms with Crippen LogP contribution in [0.5, 0.6) is 0 Å². The predicted molar refractivity (Wildman–Crippen MR) is 95.0 cm³/mol. The number of nitrogens with one attached hydrogen (secondary N) is 1. The number of carbonyl (C=O) groups excluding carboxylic acids is 1. The second-order valence-electron chi connectivity index (χ2n) is 5.70. The lowest BCUT2D eigenvalue weighted by atomic mass is 10.2. The summed E-state index contributed by atoms with van der Waals surface area (Å²) in [5.74, 6) is 0.945. The number of amides is 1. The number of hydrogen-bond donors (Lipinski definition) is 1. The van der Waals surface area contributed by atoms with Gasteiger partial charge in [-0.25, -0.2) is 9.97 Å². The summed E-state index contributed by atoms with van der Waals surface area (Å²) in [5.41, 5.74) is 2.63. The van der Waals surface area contributed by atoms with Gasteiger partial charge in [-0.2, -0.15) is 0 Å². The Hall–Kier alpha value is -2.34. The van der Waals surface area contributed by atoms with E-state index in [0.29, 0.717) is 5.16 Å². The van der Waals surface area contributed by atoms with Gasteiger partial charge >= 0.3 is 0 Å². The van der Waals surface area contributed by atoms with Crippen LogP contribution >= 0.6 is 11.8 Å². The predicted octanol–water partition coefficient (Wildman–Crippen LogP) is 3.81. The van der Waals surface area contributed by atoms with Crippen molar-refractivity contribution in [2.45, 2.75) is 32.0 Å². The molecule has 2 heterocycles. The Morgan fingerprint density at radius 3 is 2.62 bits per heavy atom. The van der Waals surface area contributed by atoms with Gasteiger partial charge in [0.2, 0.25) is 5.91 Å². The smallest absolute Gasteiger partial charge is 0.231 e. The lowest BCUT2D eigenvalue weighted by Gasteiger charge is -2.11. The van der Waals surface area contributed by atoms with Gasteiger partial charge in [0.05, 0.1) is 11.8 Å². The fraction of sp³-hybridized carbons (Fsp3) is 0.278. The second-order valence-corrected chi connectivity index (χ2v) is 6.64. The lowest BCUT2D eigenvalue weighted by Crippen LogP contribution is -2.28. The molecule has 0 aliphatic heterocycles. The van der Waals surface area contributed by atoms with Gasteiger partial charge in [0, 0.05) is 16.8 Å². The molecule has 0 fully saturated rings. The van der Waals surface area contributed by atoms with Crippen molar-refractivity contribution in [3.63, 3.8) is 0 Å². The topological polar surface area (TPSA) is 68.0 Å². The molecule has 5 nitrogen and oxygen atoms in total. The number of aromatic nitrogens is 2. The summed E-state index contributed by atoms with van der Waals surface area (Å²) < 4.78 is 5.78. The highest BCUT2D eigenvalue weighted by atomic mass is 32.2. The largest absolute Gasteiger partial charge is 0.459 e. The van der Waals surface area contributed by atoms with Crippen LogP contribution in [0.15, 0.2) is 46.0 Å². The second kappa shape index (κ2) is 7.05. The van der Waals surface area contributed by atoms with Gasteiger partial charge in [-0.1, -0.05) is 30.0 Å². The molecular weight excluding hydrogens is 322 g/mol. The molecule has 24 heavy (non-hydrogen) atoms. The van der Waals surface area contributed by atoms with Crippen LogP contribution in [-0.2, 0) is 4.79 Å². The summed E-state index contributed by atoms with van der Waals surface area (Å²) >= 11 is 1.33. The first-order valence-electron chi connectivity index (χ1n) is 7.74. The highest BCUT2D eigenvalue weighted by Gasteiger charge is 2.14. The van der Waals surface area contributed by atoms with Crippen molar-refractivity contribution < 1.29 is 9.21 Å². The molecule has 0 aliphatic carbocycles. The maximum absolute atomic E-state index is 12.2. The van der Waals surface area contributed by atoms with Crippen LogP contribution in [0.2, 0.25) is 0 Å². The monoisotopic (exact) mass is 341 g/mol. The van der Waals surface area contributed by atoms with Crippen molar-refractivity contribution in [3.8, 4) is 0 Å².